The summed E-state index contributed by atoms with van der Waals surface area (Å²) in [5.41, 5.74) is 3.48. The van der Waals surface area contributed by atoms with Gasteiger partial charge in [-0.1, -0.05) is 0 Å². The minimum absolute atomic E-state index is 0.220. The first-order valence-corrected chi connectivity index (χ1v) is 11.8. The van der Waals surface area contributed by atoms with E-state index < -0.39 is 5.78 Å². The standard InChI is InChI=1S/C29H30N2O8/c1-34-24-11-16(12-25(35-2)28(24)38-5)18-7-9-20(30-18)22(32)15-23(33)21-10-8-19(31-21)17-13-26(36-3)29(39-6)27(14-17)37-4/h7-15,30-32H,1-6H3/b22-15-. The number of methoxy groups -OCH3 is 6. The van der Waals surface area contributed by atoms with Gasteiger partial charge in [-0.15, -0.1) is 0 Å². The van der Waals surface area contributed by atoms with Gasteiger partial charge in [-0.3, -0.25) is 4.79 Å². The van der Waals surface area contributed by atoms with E-state index in [9.17, 15) is 9.90 Å². The van der Waals surface area contributed by atoms with Crippen LogP contribution in [-0.2, 0) is 0 Å². The highest BCUT2D eigenvalue weighted by molar-refractivity contribution is 6.07. The minimum Gasteiger partial charge on any atom is -0.506 e. The number of hydrogen-bond donors (Lipinski definition) is 3. The molecule has 4 aromatic rings. The molecule has 2 heterocycles. The molecule has 0 radical (unpaired) electrons. The Morgan fingerprint density at radius 1 is 0.615 bits per heavy atom. The van der Waals surface area contributed by atoms with Crippen LogP contribution in [0.5, 0.6) is 34.5 Å². The highest BCUT2D eigenvalue weighted by Crippen LogP contribution is 2.42. The van der Waals surface area contributed by atoms with Crippen LogP contribution < -0.4 is 28.4 Å². The van der Waals surface area contributed by atoms with Crippen molar-refractivity contribution in [1.82, 2.24) is 9.97 Å². The predicted octanol–water partition coefficient (Wildman–Crippen LogP) is 5.51. The van der Waals surface area contributed by atoms with Gasteiger partial charge in [0.15, 0.2) is 23.0 Å². The lowest BCUT2D eigenvalue weighted by Gasteiger charge is -2.13. The third kappa shape index (κ3) is 5.35. The summed E-state index contributed by atoms with van der Waals surface area (Å²) >= 11 is 0. The molecule has 39 heavy (non-hydrogen) atoms. The molecule has 10 nitrogen and oxygen atoms in total. The summed E-state index contributed by atoms with van der Waals surface area (Å²) in [7, 11) is 9.20. The van der Waals surface area contributed by atoms with Crippen LogP contribution in [0, 0.1) is 0 Å². The predicted molar refractivity (Wildman–Crippen MR) is 147 cm³/mol. The van der Waals surface area contributed by atoms with Gasteiger partial charge >= 0.3 is 0 Å². The summed E-state index contributed by atoms with van der Waals surface area (Å²) in [6, 6.07) is 14.0. The van der Waals surface area contributed by atoms with Gasteiger partial charge in [-0.2, -0.15) is 0 Å². The van der Waals surface area contributed by atoms with E-state index in [0.29, 0.717) is 57.3 Å². The summed E-state index contributed by atoms with van der Waals surface area (Å²) in [6.07, 6.45) is 1.15. The highest BCUT2D eigenvalue weighted by Gasteiger charge is 2.18. The van der Waals surface area contributed by atoms with E-state index in [1.54, 1.807) is 48.5 Å². The molecule has 0 aliphatic rings. The van der Waals surface area contributed by atoms with Gasteiger partial charge in [-0.25, -0.2) is 0 Å². The zero-order valence-electron chi connectivity index (χ0n) is 22.5. The molecule has 0 unspecified atom stereocenters. The molecule has 2 aromatic heterocycles. The smallest absolute Gasteiger partial charge is 0.205 e. The Kier molecular flexibility index (Phi) is 8.04. The first-order valence-electron chi connectivity index (χ1n) is 11.8. The number of H-pyrrole nitrogens is 2. The number of nitrogens with one attached hydrogen (secondary N) is 2. The molecule has 204 valence electrons. The van der Waals surface area contributed by atoms with Crippen LogP contribution in [0.4, 0.5) is 0 Å². The lowest BCUT2D eigenvalue weighted by atomic mass is 10.1. The average molecular weight is 535 g/mol. The lowest BCUT2D eigenvalue weighted by molar-refractivity contribution is 0.104. The number of aliphatic hydroxyl groups excluding tert-OH is 1. The van der Waals surface area contributed by atoms with Crippen LogP contribution in [0.15, 0.2) is 54.6 Å². The summed E-state index contributed by atoms with van der Waals surface area (Å²) in [6.45, 7) is 0. The second kappa shape index (κ2) is 11.6. The molecule has 0 bridgehead atoms. The van der Waals surface area contributed by atoms with E-state index in [1.807, 2.05) is 0 Å². The number of allylic oxidation sites excluding steroid dienone is 1. The van der Waals surface area contributed by atoms with Gasteiger partial charge in [0.2, 0.25) is 17.3 Å². The molecule has 0 atom stereocenters. The summed E-state index contributed by atoms with van der Waals surface area (Å²) < 4.78 is 32.4. The van der Waals surface area contributed by atoms with Crippen molar-refractivity contribution in [3.63, 3.8) is 0 Å². The quantitative estimate of drug-likeness (QED) is 0.131. The molecule has 3 N–H and O–H groups in total. The van der Waals surface area contributed by atoms with Crippen molar-refractivity contribution in [3.8, 4) is 57.0 Å². The maximum Gasteiger partial charge on any atom is 0.205 e. The molecular formula is C29H30N2O8. The molecule has 0 amide bonds. The van der Waals surface area contributed by atoms with Crippen molar-refractivity contribution in [2.24, 2.45) is 0 Å². The fraction of sp³-hybridized carbons (Fsp3) is 0.207. The topological polar surface area (TPSA) is 124 Å². The number of carbonyl (C=O) groups is 1. The van der Waals surface area contributed by atoms with Crippen molar-refractivity contribution in [3.05, 3.63) is 66.0 Å². The molecule has 0 fully saturated rings. The zero-order valence-corrected chi connectivity index (χ0v) is 22.5. The monoisotopic (exact) mass is 534 g/mol. The van der Waals surface area contributed by atoms with Gasteiger partial charge in [0.25, 0.3) is 0 Å². The number of ketones is 1. The second-order valence-corrected chi connectivity index (χ2v) is 8.29. The van der Waals surface area contributed by atoms with Gasteiger partial charge in [0.1, 0.15) is 5.76 Å². The molecule has 0 spiro atoms. The molecule has 4 rings (SSSR count). The molecular weight excluding hydrogens is 504 g/mol. The van der Waals surface area contributed by atoms with Crippen LogP contribution in [0.25, 0.3) is 28.3 Å². The number of benzene rings is 2. The second-order valence-electron chi connectivity index (χ2n) is 8.29. The fourth-order valence-corrected chi connectivity index (χ4v) is 4.17. The maximum atomic E-state index is 12.9. The van der Waals surface area contributed by atoms with Crippen LogP contribution in [0.3, 0.4) is 0 Å². The number of aliphatic hydroxyl groups is 1. The number of aromatic nitrogens is 2. The van der Waals surface area contributed by atoms with Crippen molar-refractivity contribution < 1.29 is 38.3 Å². The number of aromatic amines is 2. The minimum atomic E-state index is -0.407. The van der Waals surface area contributed by atoms with Gasteiger partial charge in [-0.05, 0) is 48.5 Å². The molecule has 10 heteroatoms. The van der Waals surface area contributed by atoms with Gasteiger partial charge in [0, 0.05) is 28.6 Å². The summed E-state index contributed by atoms with van der Waals surface area (Å²) in [5, 5.41) is 10.7. The first kappa shape index (κ1) is 27.1. The van der Waals surface area contributed by atoms with Gasteiger partial charge in [0.05, 0.1) is 54.0 Å². The SMILES string of the molecule is COc1cc(-c2ccc(C(=O)/C=C(\O)c3ccc(-c4cc(OC)c(OC)c(OC)c4)[nH]3)[nH]2)cc(OC)c1OC. The van der Waals surface area contributed by atoms with Crippen molar-refractivity contribution >= 4 is 11.5 Å². The number of rotatable bonds is 11. The summed E-state index contributed by atoms with van der Waals surface area (Å²) in [4.78, 5) is 19.1. The summed E-state index contributed by atoms with van der Waals surface area (Å²) in [5.74, 6) is 2.28. The zero-order chi connectivity index (χ0) is 28.1. The Morgan fingerprint density at radius 3 is 1.38 bits per heavy atom. The number of carbonyl (C=O) groups excluding carboxylic acids is 1. The van der Waals surface area contributed by atoms with Crippen molar-refractivity contribution in [2.75, 3.05) is 42.7 Å². The Hall–Kier alpha value is -4.99. The van der Waals surface area contributed by atoms with Crippen molar-refractivity contribution in [1.29, 1.82) is 0 Å². The fourth-order valence-electron chi connectivity index (χ4n) is 4.17. The molecule has 0 aliphatic carbocycles. The van der Waals surface area contributed by atoms with Crippen molar-refractivity contribution in [2.45, 2.75) is 0 Å². The molecule has 2 aromatic carbocycles. The first-order chi connectivity index (χ1) is 18.9. The number of hydrogen-bond acceptors (Lipinski definition) is 8. The van der Waals surface area contributed by atoms with E-state index >= 15 is 0 Å². The Morgan fingerprint density at radius 2 is 1.00 bits per heavy atom. The third-order valence-corrected chi connectivity index (χ3v) is 6.13. The highest BCUT2D eigenvalue weighted by atomic mass is 16.5. The van der Waals surface area contributed by atoms with E-state index in [-0.39, 0.29) is 5.76 Å². The van der Waals surface area contributed by atoms with Gasteiger partial charge < -0.3 is 43.5 Å². The Balaban J connectivity index is 1.58. The molecule has 0 saturated heterocycles. The van der Waals surface area contributed by atoms with Crippen LogP contribution in [0.2, 0.25) is 0 Å². The normalized spacial score (nSPS) is 11.2. The molecule has 0 aliphatic heterocycles. The van der Waals surface area contributed by atoms with E-state index in [0.717, 1.165) is 17.2 Å². The maximum absolute atomic E-state index is 12.9. The molecule has 0 saturated carbocycles. The largest absolute Gasteiger partial charge is 0.506 e. The van der Waals surface area contributed by atoms with E-state index in [1.165, 1.54) is 42.7 Å². The van der Waals surface area contributed by atoms with E-state index in [2.05, 4.69) is 9.97 Å². The Bertz CT molecular complexity index is 1470. The lowest BCUT2D eigenvalue weighted by Crippen LogP contribution is -1.98. The number of ether oxygens (including phenoxy) is 6. The Labute approximate surface area is 225 Å². The average Bonchev–Trinajstić information content (AvgIpc) is 3.66. The van der Waals surface area contributed by atoms with Crippen LogP contribution >= 0.6 is 0 Å². The van der Waals surface area contributed by atoms with Crippen LogP contribution in [-0.4, -0.2) is 63.5 Å². The third-order valence-electron chi connectivity index (χ3n) is 6.13. The van der Waals surface area contributed by atoms with Crippen LogP contribution in [0.1, 0.15) is 16.2 Å². The van der Waals surface area contributed by atoms with E-state index in [4.69, 9.17) is 28.4 Å².